The third-order valence-electron chi connectivity index (χ3n) is 11.6. The first-order chi connectivity index (χ1) is 24.1. The lowest BCUT2D eigenvalue weighted by Crippen LogP contribution is -2.59. The molecular formula is C50H78O4. The van der Waals surface area contributed by atoms with Crippen LogP contribution in [-0.4, -0.2) is 35.1 Å². The molecule has 0 spiro atoms. The quantitative estimate of drug-likeness (QED) is 0.215. The molecule has 0 radical (unpaired) electrons. The van der Waals surface area contributed by atoms with Crippen molar-refractivity contribution in [3.8, 4) is 5.75 Å². The molecule has 54 heavy (non-hydrogen) atoms. The number of rotatable bonds is 8. The lowest BCUT2D eigenvalue weighted by Gasteiger charge is -2.53. The van der Waals surface area contributed by atoms with E-state index in [-0.39, 0.29) is 32.5 Å². The molecule has 0 aliphatic carbocycles. The third kappa shape index (κ3) is 8.52. The molecule has 3 rings (SSSR count). The lowest BCUT2D eigenvalue weighted by atomic mass is 9.58. The molecule has 0 atom stereocenters. The van der Waals surface area contributed by atoms with E-state index in [0.717, 1.165) is 44.5 Å². The standard InChI is InChI=1S/C50H78O4/c1-31-22-34(43(4,5)6)25-37(46(13,14)15)40(31)50(49(28-51,29-52)30-53,41-32(2)23-35(44(7,8)9)26-38(41)47(16,17)18)54-42-33(3)24-36(45(10,11)12)27-39(42)48(19,20)21/h22-27,51-53H,28-30H2,1-21H3. The summed E-state index contributed by atoms with van der Waals surface area (Å²) in [5.41, 5.74) is 6.87. The molecule has 0 unspecified atom stereocenters. The van der Waals surface area contributed by atoms with Crippen LogP contribution in [0.1, 0.15) is 186 Å². The molecule has 4 heteroatoms. The third-order valence-corrected chi connectivity index (χ3v) is 11.6. The molecule has 0 bridgehead atoms. The summed E-state index contributed by atoms with van der Waals surface area (Å²) in [4.78, 5) is 0. The van der Waals surface area contributed by atoms with Gasteiger partial charge in [-0.05, 0) is 97.8 Å². The highest BCUT2D eigenvalue weighted by Crippen LogP contribution is 2.57. The molecule has 0 saturated carbocycles. The minimum atomic E-state index is -1.57. The van der Waals surface area contributed by atoms with Crippen LogP contribution in [0.25, 0.3) is 0 Å². The summed E-state index contributed by atoms with van der Waals surface area (Å²) in [6.45, 7) is 45.0. The predicted molar refractivity (Wildman–Crippen MR) is 231 cm³/mol. The fourth-order valence-corrected chi connectivity index (χ4v) is 7.96. The van der Waals surface area contributed by atoms with E-state index in [1.54, 1.807) is 0 Å². The van der Waals surface area contributed by atoms with Gasteiger partial charge in [0, 0.05) is 16.7 Å². The summed E-state index contributed by atoms with van der Waals surface area (Å²) < 4.78 is 8.07. The van der Waals surface area contributed by atoms with Crippen molar-refractivity contribution in [2.24, 2.45) is 5.41 Å². The molecule has 4 nitrogen and oxygen atoms in total. The second-order valence-corrected chi connectivity index (χ2v) is 22.6. The molecule has 0 aromatic heterocycles. The van der Waals surface area contributed by atoms with Gasteiger partial charge in [0.2, 0.25) is 0 Å². The van der Waals surface area contributed by atoms with Gasteiger partial charge in [-0.15, -0.1) is 0 Å². The van der Waals surface area contributed by atoms with Crippen molar-refractivity contribution in [2.45, 2.75) is 183 Å². The van der Waals surface area contributed by atoms with Crippen molar-refractivity contribution in [2.75, 3.05) is 19.8 Å². The van der Waals surface area contributed by atoms with Gasteiger partial charge in [0.05, 0.1) is 25.2 Å². The van der Waals surface area contributed by atoms with Gasteiger partial charge >= 0.3 is 0 Å². The van der Waals surface area contributed by atoms with Gasteiger partial charge in [0.1, 0.15) is 5.75 Å². The van der Waals surface area contributed by atoms with Crippen LogP contribution in [0.15, 0.2) is 36.4 Å². The summed E-state index contributed by atoms with van der Waals surface area (Å²) >= 11 is 0. The Morgan fingerprint density at radius 1 is 0.389 bits per heavy atom. The summed E-state index contributed by atoms with van der Waals surface area (Å²) in [6, 6.07) is 13.7. The van der Waals surface area contributed by atoms with Crippen molar-refractivity contribution in [3.05, 3.63) is 97.6 Å². The van der Waals surface area contributed by atoms with Crippen LogP contribution in [0.3, 0.4) is 0 Å². The Morgan fingerprint density at radius 2 is 0.667 bits per heavy atom. The Morgan fingerprint density at radius 3 is 0.926 bits per heavy atom. The Balaban J connectivity index is 3.00. The highest BCUT2D eigenvalue weighted by Gasteiger charge is 2.60. The zero-order valence-corrected chi connectivity index (χ0v) is 38.3. The van der Waals surface area contributed by atoms with E-state index in [2.05, 4.69) is 182 Å². The van der Waals surface area contributed by atoms with Gasteiger partial charge in [-0.2, -0.15) is 0 Å². The maximum absolute atomic E-state index is 11.9. The molecular weight excluding hydrogens is 665 g/mol. The van der Waals surface area contributed by atoms with Crippen LogP contribution in [-0.2, 0) is 38.1 Å². The number of ether oxygens (including phenoxy) is 1. The zero-order chi connectivity index (χ0) is 42.0. The Labute approximate surface area is 331 Å². The summed E-state index contributed by atoms with van der Waals surface area (Å²) in [5, 5.41) is 35.7. The largest absolute Gasteiger partial charge is 0.476 e. The average Bonchev–Trinajstić information content (AvgIpc) is 2.98. The van der Waals surface area contributed by atoms with Crippen LogP contribution in [0.5, 0.6) is 5.75 Å². The van der Waals surface area contributed by atoms with Crippen molar-refractivity contribution in [1.82, 2.24) is 0 Å². The highest BCUT2D eigenvalue weighted by molar-refractivity contribution is 5.61. The van der Waals surface area contributed by atoms with Gasteiger partial charge in [0.15, 0.2) is 5.60 Å². The molecule has 302 valence electrons. The second kappa shape index (κ2) is 14.7. The van der Waals surface area contributed by atoms with E-state index in [4.69, 9.17) is 4.74 Å². The van der Waals surface area contributed by atoms with Crippen LogP contribution in [0.2, 0.25) is 0 Å². The average molecular weight is 743 g/mol. The molecule has 0 fully saturated rings. The zero-order valence-electron chi connectivity index (χ0n) is 38.3. The first kappa shape index (κ1) is 45.7. The number of benzene rings is 3. The molecule has 0 aliphatic rings. The second-order valence-electron chi connectivity index (χ2n) is 22.6. The molecule has 0 amide bonds. The van der Waals surface area contributed by atoms with Gasteiger partial charge < -0.3 is 20.1 Å². The van der Waals surface area contributed by atoms with Crippen LogP contribution in [0.4, 0.5) is 0 Å². The first-order valence-electron chi connectivity index (χ1n) is 20.1. The van der Waals surface area contributed by atoms with Gasteiger partial charge in [0.25, 0.3) is 0 Å². The molecule has 3 aromatic carbocycles. The van der Waals surface area contributed by atoms with Crippen LogP contribution in [0, 0.1) is 26.2 Å². The van der Waals surface area contributed by atoms with Crippen LogP contribution < -0.4 is 4.74 Å². The monoisotopic (exact) mass is 743 g/mol. The predicted octanol–water partition coefficient (Wildman–Crippen LogP) is 11.7. The van der Waals surface area contributed by atoms with E-state index >= 15 is 0 Å². The lowest BCUT2D eigenvalue weighted by molar-refractivity contribution is -0.124. The topological polar surface area (TPSA) is 69.9 Å². The summed E-state index contributed by atoms with van der Waals surface area (Å²) in [7, 11) is 0. The van der Waals surface area contributed by atoms with Gasteiger partial charge in [-0.25, -0.2) is 0 Å². The number of aliphatic hydroxyl groups excluding tert-OH is 3. The fraction of sp³-hybridized carbons (Fsp3) is 0.640. The molecule has 3 N–H and O–H groups in total. The normalized spacial score (nSPS) is 14.1. The van der Waals surface area contributed by atoms with Crippen molar-refractivity contribution in [1.29, 1.82) is 0 Å². The molecule has 0 aliphatic heterocycles. The Bertz CT molecular complexity index is 1720. The number of aryl methyl sites for hydroxylation is 3. The molecule has 0 heterocycles. The van der Waals surface area contributed by atoms with Crippen molar-refractivity contribution in [3.63, 3.8) is 0 Å². The van der Waals surface area contributed by atoms with Gasteiger partial charge in [-0.3, -0.25) is 0 Å². The SMILES string of the molecule is Cc1cc(C(C)(C)C)cc(C(C)(C)C)c1OC(c1c(C)cc(C(C)(C)C)cc1C(C)(C)C)(c1c(C)cc(C(C)(C)C)cc1C(C)(C)C)C(CO)(CO)CO. The first-order valence-corrected chi connectivity index (χ1v) is 20.1. The van der Waals surface area contributed by atoms with Crippen molar-refractivity contribution >= 4 is 0 Å². The maximum atomic E-state index is 11.9. The minimum absolute atomic E-state index is 0.108. The minimum Gasteiger partial charge on any atom is -0.476 e. The Hall–Kier alpha value is -2.66. The molecule has 0 saturated heterocycles. The van der Waals surface area contributed by atoms with Crippen molar-refractivity contribution < 1.29 is 20.1 Å². The van der Waals surface area contributed by atoms with E-state index in [9.17, 15) is 15.3 Å². The number of hydrogen-bond donors (Lipinski definition) is 3. The maximum Gasteiger partial charge on any atom is 0.172 e. The number of aliphatic hydroxyl groups is 3. The fourth-order valence-electron chi connectivity index (χ4n) is 7.96. The summed E-state index contributed by atoms with van der Waals surface area (Å²) in [5.74, 6) is 0.716. The van der Waals surface area contributed by atoms with E-state index in [1.807, 2.05) is 0 Å². The van der Waals surface area contributed by atoms with E-state index in [0.29, 0.717) is 5.75 Å². The van der Waals surface area contributed by atoms with E-state index < -0.39 is 30.8 Å². The summed E-state index contributed by atoms with van der Waals surface area (Å²) in [6.07, 6.45) is 0. The highest BCUT2D eigenvalue weighted by atomic mass is 16.5. The smallest absolute Gasteiger partial charge is 0.172 e. The van der Waals surface area contributed by atoms with Gasteiger partial charge in [-0.1, -0.05) is 161 Å². The molecule has 3 aromatic rings. The van der Waals surface area contributed by atoms with Crippen LogP contribution >= 0.6 is 0 Å². The van der Waals surface area contributed by atoms with E-state index in [1.165, 1.54) is 16.7 Å². The Kier molecular flexibility index (Phi) is 12.4. The number of hydrogen-bond acceptors (Lipinski definition) is 4.